The molecule has 230 valence electrons. The number of benzene rings is 3. The standard InChI is InChI=1S/C41H45N2O2/c1-5-40(3)34-15-10-14-33-32-11-7-8-16-35(32)43-36(25-42(39(43)38(33)34)41(40,4)6-2)37-30(26-17-21-28(44)22-18-26)12-9-13-31(37)27-19-23-29(45)24-20-27/h7-16,25-27H,5-6,17-24H2,1-4H3/q+1. The minimum atomic E-state index is -0.126. The molecule has 0 radical (unpaired) electrons. The zero-order chi connectivity index (χ0) is 31.1. The molecule has 3 aromatic carbocycles. The van der Waals surface area contributed by atoms with Crippen LogP contribution in [-0.2, 0) is 20.5 Å². The van der Waals surface area contributed by atoms with E-state index >= 15 is 0 Å². The lowest BCUT2D eigenvalue weighted by Crippen LogP contribution is -2.65. The van der Waals surface area contributed by atoms with Crippen LogP contribution in [0.3, 0.4) is 0 Å². The van der Waals surface area contributed by atoms with Crippen LogP contribution < -0.4 is 4.57 Å². The predicted octanol–water partition coefficient (Wildman–Crippen LogP) is 9.46. The summed E-state index contributed by atoms with van der Waals surface area (Å²) in [5.41, 5.74) is 9.20. The molecule has 3 heterocycles. The number of carbonyl (C=O) groups is 2. The van der Waals surface area contributed by atoms with Crippen LogP contribution in [0.5, 0.6) is 0 Å². The lowest BCUT2D eigenvalue weighted by Gasteiger charge is -2.46. The molecule has 0 bridgehead atoms. The van der Waals surface area contributed by atoms with Crippen molar-refractivity contribution >= 4 is 38.9 Å². The SMILES string of the molecule is CCC1(C)c2cccc3c4ccccc4n4c(-c5c(C6CCC(=O)CC6)cccc5C5CCC(=O)CC5)c[n+](c4c23)C1(C)CC. The van der Waals surface area contributed by atoms with Gasteiger partial charge in [0.15, 0.2) is 5.69 Å². The van der Waals surface area contributed by atoms with E-state index in [1.165, 1.54) is 55.3 Å². The number of carbonyl (C=O) groups excluding carboxylic acids is 2. The second kappa shape index (κ2) is 10.4. The highest BCUT2D eigenvalue weighted by molar-refractivity contribution is 6.13. The average Bonchev–Trinajstić information content (AvgIpc) is 3.49. The maximum atomic E-state index is 12.4. The van der Waals surface area contributed by atoms with Crippen LogP contribution in [0.2, 0.25) is 0 Å². The van der Waals surface area contributed by atoms with Crippen molar-refractivity contribution < 1.29 is 14.2 Å². The third-order valence-corrected chi connectivity index (χ3v) is 12.7. The van der Waals surface area contributed by atoms with Crippen LogP contribution in [0.15, 0.2) is 66.9 Å². The molecule has 2 saturated carbocycles. The molecule has 0 N–H and O–H groups in total. The molecule has 4 nitrogen and oxygen atoms in total. The van der Waals surface area contributed by atoms with Crippen molar-refractivity contribution in [3.8, 4) is 11.3 Å². The molecule has 1 aliphatic heterocycles. The summed E-state index contributed by atoms with van der Waals surface area (Å²) in [7, 11) is 0. The summed E-state index contributed by atoms with van der Waals surface area (Å²) in [6.07, 6.45) is 10.9. The van der Waals surface area contributed by atoms with E-state index in [9.17, 15) is 9.59 Å². The van der Waals surface area contributed by atoms with E-state index in [0.717, 1.165) is 38.5 Å². The van der Waals surface area contributed by atoms with Crippen LogP contribution in [-0.4, -0.2) is 16.0 Å². The maximum absolute atomic E-state index is 12.4. The highest BCUT2D eigenvalue weighted by Gasteiger charge is 2.54. The van der Waals surface area contributed by atoms with Crippen molar-refractivity contribution in [2.24, 2.45) is 0 Å². The number of Topliss-reactive ketones (excluding diaryl/α,β-unsaturated/α-hetero) is 2. The molecule has 2 atom stereocenters. The van der Waals surface area contributed by atoms with Crippen molar-refractivity contribution in [2.45, 2.75) is 115 Å². The Morgan fingerprint density at radius 3 is 1.91 bits per heavy atom. The second-order valence-electron chi connectivity index (χ2n) is 14.5. The number of hydrogen-bond acceptors (Lipinski definition) is 2. The topological polar surface area (TPSA) is 42.4 Å². The quantitative estimate of drug-likeness (QED) is 0.150. The van der Waals surface area contributed by atoms with Gasteiger partial charge in [0, 0.05) is 47.4 Å². The minimum Gasteiger partial charge on any atom is -0.300 e. The molecule has 0 spiro atoms. The zero-order valence-electron chi connectivity index (χ0n) is 27.3. The van der Waals surface area contributed by atoms with Gasteiger partial charge in [-0.05, 0) is 80.0 Å². The fourth-order valence-corrected chi connectivity index (χ4v) is 9.62. The normalized spacial score (nSPS) is 24.4. The Morgan fingerprint density at radius 2 is 1.31 bits per heavy atom. The lowest BCUT2D eigenvalue weighted by molar-refractivity contribution is -0.750. The Hall–Kier alpha value is -3.79. The van der Waals surface area contributed by atoms with E-state index in [2.05, 4.69) is 104 Å². The van der Waals surface area contributed by atoms with Crippen molar-refractivity contribution in [3.05, 3.63) is 83.6 Å². The third-order valence-electron chi connectivity index (χ3n) is 12.7. The summed E-state index contributed by atoms with van der Waals surface area (Å²) in [6, 6.07) is 22.9. The smallest absolute Gasteiger partial charge is 0.296 e. The van der Waals surface area contributed by atoms with Gasteiger partial charge in [0.25, 0.3) is 5.65 Å². The number of imidazole rings is 1. The molecule has 2 unspecified atom stereocenters. The van der Waals surface area contributed by atoms with E-state index in [-0.39, 0.29) is 11.0 Å². The molecule has 2 aromatic heterocycles. The van der Waals surface area contributed by atoms with Crippen LogP contribution in [0.1, 0.15) is 120 Å². The van der Waals surface area contributed by atoms with Crippen molar-refractivity contribution in [1.29, 1.82) is 0 Å². The summed E-state index contributed by atoms with van der Waals surface area (Å²) < 4.78 is 5.25. The summed E-state index contributed by atoms with van der Waals surface area (Å²) in [4.78, 5) is 24.8. The van der Waals surface area contributed by atoms with Gasteiger partial charge in [-0.1, -0.05) is 75.4 Å². The second-order valence-corrected chi connectivity index (χ2v) is 14.5. The van der Waals surface area contributed by atoms with E-state index in [1.54, 1.807) is 0 Å². The maximum Gasteiger partial charge on any atom is 0.296 e. The molecule has 2 aliphatic carbocycles. The molecule has 45 heavy (non-hydrogen) atoms. The molecule has 8 rings (SSSR count). The monoisotopic (exact) mass is 597 g/mol. The van der Waals surface area contributed by atoms with Gasteiger partial charge in [0.2, 0.25) is 0 Å². The molecule has 3 aliphatic rings. The van der Waals surface area contributed by atoms with Crippen molar-refractivity contribution in [1.82, 2.24) is 4.40 Å². The van der Waals surface area contributed by atoms with E-state index in [0.29, 0.717) is 49.1 Å². The summed E-state index contributed by atoms with van der Waals surface area (Å²) in [6.45, 7) is 9.67. The van der Waals surface area contributed by atoms with Crippen molar-refractivity contribution in [2.75, 3.05) is 0 Å². The first-order valence-electron chi connectivity index (χ1n) is 17.4. The first-order chi connectivity index (χ1) is 21.8. The predicted molar refractivity (Wildman–Crippen MR) is 182 cm³/mol. The number of pyridine rings is 1. The first kappa shape index (κ1) is 28.7. The van der Waals surface area contributed by atoms with Gasteiger partial charge in [-0.25, -0.2) is 4.57 Å². The number of para-hydroxylation sites is 1. The molecule has 5 aromatic rings. The average molecular weight is 598 g/mol. The van der Waals surface area contributed by atoms with E-state index < -0.39 is 0 Å². The van der Waals surface area contributed by atoms with Crippen LogP contribution in [0, 0.1) is 0 Å². The minimum absolute atomic E-state index is 0.0453. The Labute approximate surface area is 266 Å². The summed E-state index contributed by atoms with van der Waals surface area (Å²) in [5, 5.41) is 4.00. The number of aromatic nitrogens is 2. The molecule has 0 amide bonds. The Kier molecular flexibility index (Phi) is 6.61. The number of rotatable bonds is 5. The number of ketones is 2. The van der Waals surface area contributed by atoms with E-state index in [4.69, 9.17) is 0 Å². The molecule has 0 saturated heterocycles. The van der Waals surface area contributed by atoms with E-state index in [1.807, 2.05) is 0 Å². The molecular formula is C41H45N2O2+. The third kappa shape index (κ3) is 3.93. The van der Waals surface area contributed by atoms with Crippen LogP contribution >= 0.6 is 0 Å². The number of fused-ring (bicyclic) bond motifs is 3. The highest BCUT2D eigenvalue weighted by atomic mass is 16.1. The Bertz CT molecular complexity index is 1970. The largest absolute Gasteiger partial charge is 0.300 e. The van der Waals surface area contributed by atoms with Crippen molar-refractivity contribution in [3.63, 3.8) is 0 Å². The molecular weight excluding hydrogens is 552 g/mol. The van der Waals surface area contributed by atoms with Crippen LogP contribution in [0.4, 0.5) is 0 Å². The van der Waals surface area contributed by atoms with Gasteiger partial charge in [-0.15, -0.1) is 0 Å². The first-order valence-corrected chi connectivity index (χ1v) is 17.4. The van der Waals surface area contributed by atoms with Gasteiger partial charge in [0.05, 0.1) is 5.39 Å². The Balaban J connectivity index is 1.53. The Morgan fingerprint density at radius 1 is 0.733 bits per heavy atom. The van der Waals surface area contributed by atoms with Gasteiger partial charge < -0.3 is 0 Å². The van der Waals surface area contributed by atoms with Gasteiger partial charge in [-0.3, -0.25) is 9.59 Å². The number of hydrogen-bond donors (Lipinski definition) is 0. The molecule has 2 fully saturated rings. The zero-order valence-corrected chi connectivity index (χ0v) is 27.3. The summed E-state index contributed by atoms with van der Waals surface area (Å²) >= 11 is 0. The van der Waals surface area contributed by atoms with Crippen LogP contribution in [0.25, 0.3) is 38.6 Å². The van der Waals surface area contributed by atoms with Gasteiger partial charge >= 0.3 is 0 Å². The van der Waals surface area contributed by atoms with Gasteiger partial charge in [-0.2, -0.15) is 4.40 Å². The van der Waals surface area contributed by atoms with Gasteiger partial charge in [0.1, 0.15) is 28.8 Å². The highest BCUT2D eigenvalue weighted by Crippen LogP contribution is 2.52. The lowest BCUT2D eigenvalue weighted by atomic mass is 9.62. The fraction of sp³-hybridized carbons (Fsp3) is 0.439. The fourth-order valence-electron chi connectivity index (χ4n) is 9.62. The summed E-state index contributed by atoms with van der Waals surface area (Å²) in [5.74, 6) is 1.50. The molecule has 4 heteroatoms. The number of nitrogens with zero attached hydrogens (tertiary/aromatic N) is 2.